The van der Waals surface area contributed by atoms with Crippen molar-refractivity contribution in [2.45, 2.75) is 6.92 Å². The van der Waals surface area contributed by atoms with Crippen LogP contribution in [0.1, 0.15) is 11.8 Å². The van der Waals surface area contributed by atoms with Gasteiger partial charge in [-0.05, 0) is 25.1 Å². The topological polar surface area (TPSA) is 26.0 Å². The molecule has 0 saturated carbocycles. The third-order valence-electron chi connectivity index (χ3n) is 0.979. The summed E-state index contributed by atoms with van der Waals surface area (Å²) in [4.78, 5) is 1.22. The Balaban J connectivity index is 2.85. The molecule has 2 N–H and O–H groups in total. The highest BCUT2D eigenvalue weighted by Crippen LogP contribution is 2.18. The molecule has 1 nitrogen and oxygen atoms in total. The predicted octanol–water partition coefficient (Wildman–Crippen LogP) is 2.36. The highest BCUT2D eigenvalue weighted by atomic mass is 32.1. The quantitative estimate of drug-likeness (QED) is 0.635. The number of hydrogen-bond acceptors (Lipinski definition) is 2. The minimum atomic E-state index is 0.878. The molecule has 1 aromatic rings. The summed E-state index contributed by atoms with van der Waals surface area (Å²) < 4.78 is 0. The Hall–Kier alpha value is -0.760. The Morgan fingerprint density at radius 1 is 1.56 bits per heavy atom. The fraction of sp³-hybridized carbons (Fsp3) is 0.143. The van der Waals surface area contributed by atoms with Crippen molar-refractivity contribution in [3.05, 3.63) is 23.1 Å². The molecule has 1 rings (SSSR count). The zero-order chi connectivity index (χ0) is 6.69. The van der Waals surface area contributed by atoms with Crippen LogP contribution in [0.4, 0.5) is 5.00 Å². The smallest absolute Gasteiger partial charge is 0.0862 e. The van der Waals surface area contributed by atoms with Gasteiger partial charge in [0.2, 0.25) is 0 Å². The molecule has 0 aliphatic carbocycles. The zero-order valence-electron chi connectivity index (χ0n) is 5.29. The van der Waals surface area contributed by atoms with E-state index in [0.29, 0.717) is 0 Å². The number of rotatable bonds is 1. The van der Waals surface area contributed by atoms with Crippen molar-refractivity contribution in [3.8, 4) is 0 Å². The van der Waals surface area contributed by atoms with Gasteiger partial charge in [0.05, 0.1) is 5.00 Å². The second kappa shape index (κ2) is 2.69. The second-order valence-corrected chi connectivity index (χ2v) is 2.89. The van der Waals surface area contributed by atoms with Crippen LogP contribution in [0.5, 0.6) is 0 Å². The Morgan fingerprint density at radius 2 is 2.33 bits per heavy atom. The first-order valence-electron chi connectivity index (χ1n) is 2.81. The fourth-order valence-corrected chi connectivity index (χ4v) is 1.37. The number of nitrogens with two attached hydrogens (primary N) is 1. The molecular formula is C7H9NS. The molecule has 0 saturated heterocycles. The predicted molar refractivity (Wildman–Crippen MR) is 43.4 cm³/mol. The van der Waals surface area contributed by atoms with E-state index in [-0.39, 0.29) is 0 Å². The molecule has 0 amide bonds. The number of allylic oxidation sites excluding steroid dienone is 1. The zero-order valence-corrected chi connectivity index (χ0v) is 6.11. The van der Waals surface area contributed by atoms with Crippen LogP contribution < -0.4 is 5.73 Å². The van der Waals surface area contributed by atoms with Crippen molar-refractivity contribution in [1.29, 1.82) is 0 Å². The Labute approximate surface area is 58.8 Å². The van der Waals surface area contributed by atoms with Gasteiger partial charge in [0.15, 0.2) is 0 Å². The van der Waals surface area contributed by atoms with Crippen molar-refractivity contribution >= 4 is 22.4 Å². The van der Waals surface area contributed by atoms with Crippen molar-refractivity contribution in [2.24, 2.45) is 0 Å². The molecule has 0 unspecified atom stereocenters. The molecule has 1 aromatic heterocycles. The van der Waals surface area contributed by atoms with Crippen LogP contribution in [0.25, 0.3) is 6.08 Å². The summed E-state index contributed by atoms with van der Waals surface area (Å²) in [6.07, 6.45) is 4.05. The van der Waals surface area contributed by atoms with Crippen LogP contribution in [-0.2, 0) is 0 Å². The van der Waals surface area contributed by atoms with Crippen LogP contribution in [0, 0.1) is 0 Å². The standard InChI is InChI=1S/C7H9NS/c1-2-3-6-4-5-7(8)9-6/h2-5H,8H2,1H3/b3-2+. The molecule has 0 spiro atoms. The van der Waals surface area contributed by atoms with Crippen molar-refractivity contribution < 1.29 is 0 Å². The molecule has 1 heterocycles. The number of thiophene rings is 1. The van der Waals surface area contributed by atoms with E-state index in [9.17, 15) is 0 Å². The van der Waals surface area contributed by atoms with Gasteiger partial charge < -0.3 is 5.73 Å². The van der Waals surface area contributed by atoms with Crippen LogP contribution in [0.15, 0.2) is 18.2 Å². The summed E-state index contributed by atoms with van der Waals surface area (Å²) in [6.45, 7) is 2.00. The minimum absolute atomic E-state index is 0.878. The second-order valence-electron chi connectivity index (χ2n) is 1.74. The van der Waals surface area contributed by atoms with E-state index in [4.69, 9.17) is 5.73 Å². The molecular weight excluding hydrogens is 130 g/mol. The van der Waals surface area contributed by atoms with Crippen LogP contribution >= 0.6 is 11.3 Å². The lowest BCUT2D eigenvalue weighted by Crippen LogP contribution is -1.72. The Kier molecular flexibility index (Phi) is 1.90. The molecule has 0 atom stereocenters. The lowest BCUT2D eigenvalue weighted by molar-refractivity contribution is 1.78. The monoisotopic (exact) mass is 139 g/mol. The SMILES string of the molecule is C/C=C/c1ccc(N)s1. The first-order valence-corrected chi connectivity index (χ1v) is 3.62. The van der Waals surface area contributed by atoms with Gasteiger partial charge in [-0.2, -0.15) is 0 Å². The van der Waals surface area contributed by atoms with Gasteiger partial charge >= 0.3 is 0 Å². The molecule has 0 aliphatic heterocycles. The van der Waals surface area contributed by atoms with Crippen molar-refractivity contribution in [1.82, 2.24) is 0 Å². The third-order valence-corrected chi connectivity index (χ3v) is 1.86. The Morgan fingerprint density at radius 3 is 2.78 bits per heavy atom. The van der Waals surface area contributed by atoms with Crippen molar-refractivity contribution in [2.75, 3.05) is 5.73 Å². The van der Waals surface area contributed by atoms with Gasteiger partial charge in [-0.15, -0.1) is 11.3 Å². The first kappa shape index (κ1) is 6.36. The van der Waals surface area contributed by atoms with Gasteiger partial charge in [0, 0.05) is 4.88 Å². The lowest BCUT2D eigenvalue weighted by atomic mass is 10.4. The van der Waals surface area contributed by atoms with E-state index in [1.165, 1.54) is 4.88 Å². The van der Waals surface area contributed by atoms with Gasteiger partial charge in [-0.3, -0.25) is 0 Å². The van der Waals surface area contributed by atoms with Crippen LogP contribution in [-0.4, -0.2) is 0 Å². The van der Waals surface area contributed by atoms with E-state index in [2.05, 4.69) is 0 Å². The molecule has 0 aliphatic rings. The van der Waals surface area contributed by atoms with Gasteiger partial charge in [-0.25, -0.2) is 0 Å². The summed E-state index contributed by atoms with van der Waals surface area (Å²) in [6, 6.07) is 3.93. The molecule has 0 radical (unpaired) electrons. The highest BCUT2D eigenvalue weighted by Gasteiger charge is 1.88. The maximum absolute atomic E-state index is 5.49. The summed E-state index contributed by atoms with van der Waals surface area (Å²) >= 11 is 1.60. The van der Waals surface area contributed by atoms with E-state index < -0.39 is 0 Å². The molecule has 48 valence electrons. The summed E-state index contributed by atoms with van der Waals surface area (Å²) in [5, 5.41) is 0.878. The molecule has 0 fully saturated rings. The van der Waals surface area contributed by atoms with Gasteiger partial charge in [0.1, 0.15) is 0 Å². The number of hydrogen-bond donors (Lipinski definition) is 1. The molecule has 9 heavy (non-hydrogen) atoms. The van der Waals surface area contributed by atoms with Gasteiger partial charge in [-0.1, -0.05) is 6.08 Å². The summed E-state index contributed by atoms with van der Waals surface area (Å²) in [5.41, 5.74) is 5.49. The number of nitrogen functional groups attached to an aromatic ring is 1. The van der Waals surface area contributed by atoms with Gasteiger partial charge in [0.25, 0.3) is 0 Å². The van der Waals surface area contributed by atoms with E-state index in [1.54, 1.807) is 11.3 Å². The lowest BCUT2D eigenvalue weighted by Gasteiger charge is -1.77. The third kappa shape index (κ3) is 1.57. The summed E-state index contributed by atoms with van der Waals surface area (Å²) in [7, 11) is 0. The number of anilines is 1. The van der Waals surface area contributed by atoms with Crippen LogP contribution in [0.2, 0.25) is 0 Å². The van der Waals surface area contributed by atoms with E-state index in [1.807, 2.05) is 31.2 Å². The van der Waals surface area contributed by atoms with E-state index in [0.717, 1.165) is 5.00 Å². The highest BCUT2D eigenvalue weighted by molar-refractivity contribution is 7.16. The maximum Gasteiger partial charge on any atom is 0.0862 e. The largest absolute Gasteiger partial charge is 0.391 e. The molecule has 0 aromatic carbocycles. The first-order chi connectivity index (χ1) is 4.33. The van der Waals surface area contributed by atoms with Crippen molar-refractivity contribution in [3.63, 3.8) is 0 Å². The normalized spacial score (nSPS) is 10.8. The Bertz CT molecular complexity index is 212. The van der Waals surface area contributed by atoms with E-state index >= 15 is 0 Å². The van der Waals surface area contributed by atoms with Crippen LogP contribution in [0.3, 0.4) is 0 Å². The summed E-state index contributed by atoms with van der Waals surface area (Å²) in [5.74, 6) is 0. The fourth-order valence-electron chi connectivity index (χ4n) is 0.622. The average molecular weight is 139 g/mol. The average Bonchev–Trinajstić information content (AvgIpc) is 2.17. The maximum atomic E-state index is 5.49. The molecule has 2 heteroatoms. The molecule has 0 bridgehead atoms. The minimum Gasteiger partial charge on any atom is -0.391 e.